The smallest absolute Gasteiger partial charge is 0.270 e. The van der Waals surface area contributed by atoms with Gasteiger partial charge >= 0.3 is 0 Å². The zero-order chi connectivity index (χ0) is 19.0. The lowest BCUT2D eigenvalue weighted by atomic mass is 9.94. The summed E-state index contributed by atoms with van der Waals surface area (Å²) in [7, 11) is 3.26. The molecule has 2 amide bonds. The van der Waals surface area contributed by atoms with Crippen molar-refractivity contribution in [3.63, 3.8) is 0 Å². The van der Waals surface area contributed by atoms with Crippen molar-refractivity contribution in [2.45, 2.75) is 18.9 Å². The minimum absolute atomic E-state index is 0.0524. The molecule has 0 saturated carbocycles. The fourth-order valence-electron chi connectivity index (χ4n) is 4.21. The van der Waals surface area contributed by atoms with Gasteiger partial charge in [-0.15, -0.1) is 0 Å². The van der Waals surface area contributed by atoms with Crippen molar-refractivity contribution in [3.8, 4) is 5.75 Å². The molecule has 27 heavy (non-hydrogen) atoms. The van der Waals surface area contributed by atoms with E-state index in [1.165, 1.54) is 0 Å². The number of hydrogen-bond donors (Lipinski definition) is 1. The summed E-state index contributed by atoms with van der Waals surface area (Å²) in [5, 5.41) is 0.938. The molecule has 3 aliphatic heterocycles. The predicted octanol–water partition coefficient (Wildman–Crippen LogP) is 1.89. The lowest BCUT2D eigenvalue weighted by molar-refractivity contribution is -0.140. The van der Waals surface area contributed by atoms with E-state index in [0.717, 1.165) is 29.5 Å². The first-order valence-electron chi connectivity index (χ1n) is 9.36. The Labute approximate surface area is 158 Å². The standard InChI is InChI=1S/C20H25N3O4/c1-26-8-7-23-15-4-3-13(19(23)24)11-22(12-15)20(25)18-10-14-9-16(27-2)5-6-17(14)21-18/h5-6,9-10,13,15,21H,3-4,7-8,11-12H2,1-2H3/t13-,15+/m1/s1. The normalized spacial score (nSPS) is 22.4. The molecule has 3 saturated heterocycles. The second-order valence-electron chi connectivity index (χ2n) is 7.30. The van der Waals surface area contributed by atoms with Crippen LogP contribution in [0.4, 0.5) is 0 Å². The van der Waals surface area contributed by atoms with Crippen molar-refractivity contribution >= 4 is 22.7 Å². The predicted molar refractivity (Wildman–Crippen MR) is 101 cm³/mol. The number of aromatic nitrogens is 1. The Morgan fingerprint density at radius 1 is 1.22 bits per heavy atom. The Hall–Kier alpha value is -2.54. The number of ether oxygens (including phenoxy) is 2. The van der Waals surface area contributed by atoms with Crippen LogP contribution in [0.15, 0.2) is 24.3 Å². The summed E-state index contributed by atoms with van der Waals surface area (Å²) in [6.45, 7) is 2.16. The van der Waals surface area contributed by atoms with Crippen LogP contribution in [0.5, 0.6) is 5.75 Å². The number of aromatic amines is 1. The summed E-state index contributed by atoms with van der Waals surface area (Å²) < 4.78 is 10.4. The van der Waals surface area contributed by atoms with Gasteiger partial charge in [-0.05, 0) is 37.1 Å². The SMILES string of the molecule is COCCN1C(=O)[C@@H]2CC[C@H]1CN(C(=O)c1cc3cc(OC)ccc3[nH]1)C2. The van der Waals surface area contributed by atoms with Gasteiger partial charge < -0.3 is 24.3 Å². The monoisotopic (exact) mass is 371 g/mol. The highest BCUT2D eigenvalue weighted by Crippen LogP contribution is 2.30. The molecule has 144 valence electrons. The number of nitrogens with one attached hydrogen (secondary N) is 1. The van der Waals surface area contributed by atoms with Crippen LogP contribution in [0, 0.1) is 5.92 Å². The summed E-state index contributed by atoms with van der Waals surface area (Å²) in [5.41, 5.74) is 1.45. The zero-order valence-corrected chi connectivity index (χ0v) is 15.7. The third-order valence-corrected chi connectivity index (χ3v) is 5.68. The first kappa shape index (κ1) is 17.9. The average molecular weight is 371 g/mol. The summed E-state index contributed by atoms with van der Waals surface area (Å²) in [6, 6.07) is 7.61. The second kappa shape index (κ2) is 7.23. The Bertz CT molecular complexity index is 862. The molecule has 7 heteroatoms. The van der Waals surface area contributed by atoms with E-state index in [-0.39, 0.29) is 23.8 Å². The van der Waals surface area contributed by atoms with E-state index in [0.29, 0.717) is 31.9 Å². The number of nitrogens with zero attached hydrogens (tertiary/aromatic N) is 2. The molecule has 3 aliphatic rings. The number of carbonyl (C=O) groups is 2. The molecular weight excluding hydrogens is 346 g/mol. The first-order chi connectivity index (χ1) is 13.1. The number of carbonyl (C=O) groups excluding carboxylic acids is 2. The van der Waals surface area contributed by atoms with Gasteiger partial charge in [0.15, 0.2) is 0 Å². The Morgan fingerprint density at radius 3 is 2.85 bits per heavy atom. The minimum atomic E-state index is -0.117. The van der Waals surface area contributed by atoms with Crippen LogP contribution in [0.2, 0.25) is 0 Å². The Morgan fingerprint density at radius 2 is 2.07 bits per heavy atom. The van der Waals surface area contributed by atoms with E-state index < -0.39 is 0 Å². The van der Waals surface area contributed by atoms with E-state index in [2.05, 4.69) is 4.98 Å². The maximum Gasteiger partial charge on any atom is 0.270 e. The molecule has 0 unspecified atom stereocenters. The third-order valence-electron chi connectivity index (χ3n) is 5.68. The van der Waals surface area contributed by atoms with Gasteiger partial charge in [0.25, 0.3) is 5.91 Å². The van der Waals surface area contributed by atoms with Gasteiger partial charge in [-0.2, -0.15) is 0 Å². The summed E-state index contributed by atoms with van der Waals surface area (Å²) in [5.74, 6) is 0.741. The molecule has 0 spiro atoms. The minimum Gasteiger partial charge on any atom is -0.497 e. The highest BCUT2D eigenvalue weighted by Gasteiger charge is 2.41. The van der Waals surface area contributed by atoms with Crippen LogP contribution >= 0.6 is 0 Å². The first-order valence-corrected chi connectivity index (χ1v) is 9.36. The van der Waals surface area contributed by atoms with Gasteiger partial charge in [-0.3, -0.25) is 9.59 Å². The summed E-state index contributed by atoms with van der Waals surface area (Å²) >= 11 is 0. The molecule has 0 radical (unpaired) electrons. The Balaban J connectivity index is 1.56. The molecule has 5 rings (SSSR count). The Kier molecular flexibility index (Phi) is 4.78. The lowest BCUT2D eigenvalue weighted by Crippen LogP contribution is -2.49. The largest absolute Gasteiger partial charge is 0.497 e. The number of hydrogen-bond acceptors (Lipinski definition) is 4. The van der Waals surface area contributed by atoms with Crippen molar-refractivity contribution in [2.24, 2.45) is 5.92 Å². The van der Waals surface area contributed by atoms with Crippen molar-refractivity contribution in [2.75, 3.05) is 40.5 Å². The third kappa shape index (κ3) is 3.27. The van der Waals surface area contributed by atoms with Crippen LogP contribution in [0.25, 0.3) is 10.9 Å². The lowest BCUT2D eigenvalue weighted by Gasteiger charge is -2.35. The van der Waals surface area contributed by atoms with E-state index in [1.54, 1.807) is 14.2 Å². The molecule has 0 aliphatic carbocycles. The number of H-pyrrole nitrogens is 1. The molecule has 1 aromatic carbocycles. The number of rotatable bonds is 5. The zero-order valence-electron chi connectivity index (χ0n) is 15.7. The highest BCUT2D eigenvalue weighted by molar-refractivity contribution is 5.98. The van der Waals surface area contributed by atoms with Gasteiger partial charge in [0.05, 0.1) is 19.6 Å². The number of benzene rings is 1. The van der Waals surface area contributed by atoms with Gasteiger partial charge in [-0.25, -0.2) is 0 Å². The molecule has 4 heterocycles. The van der Waals surface area contributed by atoms with Crippen LogP contribution < -0.4 is 4.74 Å². The van der Waals surface area contributed by atoms with Crippen LogP contribution in [-0.4, -0.2) is 73.1 Å². The van der Waals surface area contributed by atoms with Crippen LogP contribution in [0.3, 0.4) is 0 Å². The molecule has 1 aromatic heterocycles. The molecule has 3 fully saturated rings. The van der Waals surface area contributed by atoms with E-state index >= 15 is 0 Å². The topological polar surface area (TPSA) is 74.9 Å². The van der Waals surface area contributed by atoms with Crippen molar-refractivity contribution in [3.05, 3.63) is 30.0 Å². The molecule has 1 N–H and O–H groups in total. The van der Waals surface area contributed by atoms with Crippen LogP contribution in [0.1, 0.15) is 23.3 Å². The molecule has 2 aromatic rings. The van der Waals surface area contributed by atoms with Crippen molar-refractivity contribution in [1.29, 1.82) is 0 Å². The maximum atomic E-state index is 13.1. The highest BCUT2D eigenvalue weighted by atomic mass is 16.5. The van der Waals surface area contributed by atoms with Gasteiger partial charge in [-0.1, -0.05) is 0 Å². The average Bonchev–Trinajstić information content (AvgIpc) is 2.92. The van der Waals surface area contributed by atoms with Gasteiger partial charge in [0, 0.05) is 43.7 Å². The quantitative estimate of drug-likeness (QED) is 0.871. The molecular formula is C20H25N3O4. The van der Waals surface area contributed by atoms with Crippen molar-refractivity contribution in [1.82, 2.24) is 14.8 Å². The fraction of sp³-hybridized carbons (Fsp3) is 0.500. The molecule has 7 nitrogen and oxygen atoms in total. The second-order valence-corrected chi connectivity index (χ2v) is 7.30. The summed E-state index contributed by atoms with van der Waals surface area (Å²) in [6.07, 6.45) is 1.79. The molecule has 2 bridgehead atoms. The van der Waals surface area contributed by atoms with Crippen molar-refractivity contribution < 1.29 is 19.1 Å². The molecule has 2 atom stereocenters. The van der Waals surface area contributed by atoms with Crippen LogP contribution in [-0.2, 0) is 9.53 Å². The number of piperidine rings is 1. The van der Waals surface area contributed by atoms with E-state index in [1.807, 2.05) is 34.1 Å². The van der Waals surface area contributed by atoms with E-state index in [9.17, 15) is 9.59 Å². The van der Waals surface area contributed by atoms with Gasteiger partial charge in [0.1, 0.15) is 11.4 Å². The fourth-order valence-corrected chi connectivity index (χ4v) is 4.21. The number of methoxy groups -OCH3 is 2. The number of fused-ring (bicyclic) bond motifs is 5. The maximum absolute atomic E-state index is 13.1. The van der Waals surface area contributed by atoms with E-state index in [4.69, 9.17) is 9.47 Å². The number of amides is 2. The van der Waals surface area contributed by atoms with Gasteiger partial charge in [0.2, 0.25) is 5.91 Å². The summed E-state index contributed by atoms with van der Waals surface area (Å²) in [4.78, 5) is 32.8.